The molecule has 106 valence electrons. The molecule has 1 atom stereocenters. The smallest absolute Gasteiger partial charge is 0.0110 e. The quantitative estimate of drug-likeness (QED) is 0.846. The highest BCUT2D eigenvalue weighted by Gasteiger charge is 2.16. The van der Waals surface area contributed by atoms with Crippen LogP contribution < -0.4 is 5.32 Å². The van der Waals surface area contributed by atoms with Gasteiger partial charge in [-0.3, -0.25) is 4.90 Å². The first-order chi connectivity index (χ1) is 9.29. The summed E-state index contributed by atoms with van der Waals surface area (Å²) in [6, 6.07) is 9.93. The van der Waals surface area contributed by atoms with Gasteiger partial charge in [0.05, 0.1) is 0 Å². The Balaban J connectivity index is 1.84. The van der Waals surface area contributed by atoms with Gasteiger partial charge in [0.2, 0.25) is 0 Å². The molecule has 1 aliphatic rings. The molecule has 2 rings (SSSR count). The van der Waals surface area contributed by atoms with Crippen molar-refractivity contribution in [3.63, 3.8) is 0 Å². The second-order valence-electron chi connectivity index (χ2n) is 5.76. The lowest BCUT2D eigenvalue weighted by atomic mass is 10.0. The largest absolute Gasteiger partial charge is 0.314 e. The molecule has 0 aliphatic carbocycles. The minimum atomic E-state index is 0.656. The summed E-state index contributed by atoms with van der Waals surface area (Å²) >= 11 is 0. The van der Waals surface area contributed by atoms with E-state index in [1.807, 2.05) is 0 Å². The summed E-state index contributed by atoms with van der Waals surface area (Å²) in [7, 11) is 0. The summed E-state index contributed by atoms with van der Waals surface area (Å²) in [4.78, 5) is 2.60. The first-order valence-corrected chi connectivity index (χ1v) is 7.82. The van der Waals surface area contributed by atoms with Gasteiger partial charge in [0, 0.05) is 32.2 Å². The first-order valence-electron chi connectivity index (χ1n) is 7.82. The molecule has 2 heteroatoms. The molecule has 0 spiro atoms. The normalized spacial score (nSPS) is 18.4. The Labute approximate surface area is 118 Å². The van der Waals surface area contributed by atoms with E-state index in [-0.39, 0.29) is 0 Å². The van der Waals surface area contributed by atoms with Crippen molar-refractivity contribution in [2.24, 2.45) is 0 Å². The molecule has 1 fully saturated rings. The van der Waals surface area contributed by atoms with Gasteiger partial charge in [-0.25, -0.2) is 0 Å². The molecule has 0 aromatic heterocycles. The van der Waals surface area contributed by atoms with Crippen LogP contribution in [0, 0.1) is 0 Å². The van der Waals surface area contributed by atoms with Gasteiger partial charge in [0.1, 0.15) is 0 Å². The van der Waals surface area contributed by atoms with Gasteiger partial charge < -0.3 is 5.32 Å². The van der Waals surface area contributed by atoms with E-state index in [1.165, 1.54) is 49.9 Å². The first kappa shape index (κ1) is 14.5. The Morgan fingerprint density at radius 2 is 1.74 bits per heavy atom. The third-order valence-electron chi connectivity index (χ3n) is 4.15. The van der Waals surface area contributed by atoms with Crippen molar-refractivity contribution in [2.45, 2.75) is 45.6 Å². The number of piperazine rings is 1. The summed E-state index contributed by atoms with van der Waals surface area (Å²) in [5.74, 6) is 0. The molecule has 2 nitrogen and oxygen atoms in total. The molecule has 1 aromatic carbocycles. The van der Waals surface area contributed by atoms with Crippen LogP contribution in [0.2, 0.25) is 0 Å². The number of hydrogen-bond donors (Lipinski definition) is 1. The van der Waals surface area contributed by atoms with Crippen molar-refractivity contribution in [3.05, 3.63) is 35.4 Å². The molecule has 1 saturated heterocycles. The van der Waals surface area contributed by atoms with Crippen molar-refractivity contribution in [2.75, 3.05) is 26.2 Å². The molecule has 1 heterocycles. The number of benzene rings is 1. The van der Waals surface area contributed by atoms with Gasteiger partial charge in [-0.05, 0) is 37.3 Å². The Bertz CT molecular complexity index is 352. The highest BCUT2D eigenvalue weighted by molar-refractivity contribution is 5.23. The topological polar surface area (TPSA) is 15.3 Å². The van der Waals surface area contributed by atoms with Crippen LogP contribution in [-0.4, -0.2) is 37.1 Å². The average Bonchev–Trinajstić information content (AvgIpc) is 2.47. The number of hydrogen-bond acceptors (Lipinski definition) is 2. The monoisotopic (exact) mass is 260 g/mol. The van der Waals surface area contributed by atoms with Crippen molar-refractivity contribution >= 4 is 0 Å². The summed E-state index contributed by atoms with van der Waals surface area (Å²) in [5, 5.41) is 3.42. The fourth-order valence-corrected chi connectivity index (χ4v) is 2.82. The predicted octanol–water partition coefficient (Wildman–Crippen LogP) is 2.87. The van der Waals surface area contributed by atoms with Crippen LogP contribution in [0.4, 0.5) is 0 Å². The Morgan fingerprint density at radius 1 is 1.11 bits per heavy atom. The molecular formula is C17H28N2. The maximum Gasteiger partial charge on any atom is 0.0110 e. The van der Waals surface area contributed by atoms with Gasteiger partial charge in [-0.2, -0.15) is 0 Å². The molecule has 1 aromatic rings. The predicted molar refractivity (Wildman–Crippen MR) is 82.7 cm³/mol. The molecule has 1 unspecified atom stereocenters. The van der Waals surface area contributed by atoms with Gasteiger partial charge in [0.25, 0.3) is 0 Å². The van der Waals surface area contributed by atoms with Crippen LogP contribution >= 0.6 is 0 Å². The van der Waals surface area contributed by atoms with Crippen LogP contribution in [0.5, 0.6) is 0 Å². The van der Waals surface area contributed by atoms with Gasteiger partial charge >= 0.3 is 0 Å². The minimum absolute atomic E-state index is 0.656. The number of nitrogens with zero attached hydrogens (tertiary/aromatic N) is 1. The van der Waals surface area contributed by atoms with Gasteiger partial charge in [0.15, 0.2) is 0 Å². The Hall–Kier alpha value is -0.860. The third-order valence-corrected chi connectivity index (χ3v) is 4.15. The lowest BCUT2D eigenvalue weighted by molar-refractivity contribution is 0.183. The summed E-state index contributed by atoms with van der Waals surface area (Å²) in [6.07, 6.45) is 4.98. The molecule has 19 heavy (non-hydrogen) atoms. The number of aryl methyl sites for hydroxylation is 1. The van der Waals surface area contributed by atoms with Crippen LogP contribution in [0.3, 0.4) is 0 Å². The summed E-state index contributed by atoms with van der Waals surface area (Å²) < 4.78 is 0. The van der Waals surface area contributed by atoms with E-state index in [2.05, 4.69) is 48.3 Å². The standard InChI is InChI=1S/C17H28N2/c1-3-4-5-16-6-8-17(9-7-16)14-15(2)19-12-10-18-11-13-19/h6-9,15,18H,3-5,10-14H2,1-2H3. The Kier molecular flexibility index (Phi) is 5.87. The van der Waals surface area contributed by atoms with Crippen LogP contribution in [0.25, 0.3) is 0 Å². The molecule has 0 saturated carbocycles. The molecule has 0 amide bonds. The molecule has 0 radical (unpaired) electrons. The number of nitrogens with one attached hydrogen (secondary N) is 1. The van der Waals surface area contributed by atoms with Gasteiger partial charge in [-0.1, -0.05) is 37.6 Å². The highest BCUT2D eigenvalue weighted by Crippen LogP contribution is 2.12. The van der Waals surface area contributed by atoms with Crippen molar-refractivity contribution in [1.29, 1.82) is 0 Å². The fourth-order valence-electron chi connectivity index (χ4n) is 2.82. The van der Waals surface area contributed by atoms with E-state index in [1.54, 1.807) is 0 Å². The van der Waals surface area contributed by atoms with E-state index in [9.17, 15) is 0 Å². The maximum atomic E-state index is 3.42. The van der Waals surface area contributed by atoms with E-state index < -0.39 is 0 Å². The zero-order valence-electron chi connectivity index (χ0n) is 12.5. The molecule has 0 bridgehead atoms. The van der Waals surface area contributed by atoms with E-state index in [4.69, 9.17) is 0 Å². The van der Waals surface area contributed by atoms with Crippen LogP contribution in [0.1, 0.15) is 37.8 Å². The zero-order valence-corrected chi connectivity index (χ0v) is 12.5. The van der Waals surface area contributed by atoms with Gasteiger partial charge in [-0.15, -0.1) is 0 Å². The summed E-state index contributed by atoms with van der Waals surface area (Å²) in [5.41, 5.74) is 2.96. The van der Waals surface area contributed by atoms with Crippen LogP contribution in [-0.2, 0) is 12.8 Å². The fraction of sp³-hybridized carbons (Fsp3) is 0.647. The second-order valence-corrected chi connectivity index (χ2v) is 5.76. The summed E-state index contributed by atoms with van der Waals surface area (Å²) in [6.45, 7) is 9.27. The number of rotatable bonds is 6. The van der Waals surface area contributed by atoms with Crippen LogP contribution in [0.15, 0.2) is 24.3 Å². The lowest BCUT2D eigenvalue weighted by Crippen LogP contribution is -2.48. The second kappa shape index (κ2) is 7.66. The number of unbranched alkanes of at least 4 members (excludes halogenated alkanes) is 1. The molecule has 1 aliphatic heterocycles. The third kappa shape index (κ3) is 4.63. The highest BCUT2D eigenvalue weighted by atomic mass is 15.2. The van der Waals surface area contributed by atoms with Crippen molar-refractivity contribution in [3.8, 4) is 0 Å². The van der Waals surface area contributed by atoms with E-state index in [0.29, 0.717) is 6.04 Å². The average molecular weight is 260 g/mol. The van der Waals surface area contributed by atoms with E-state index >= 15 is 0 Å². The SMILES string of the molecule is CCCCc1ccc(CC(C)N2CCNCC2)cc1. The lowest BCUT2D eigenvalue weighted by Gasteiger charge is -2.32. The minimum Gasteiger partial charge on any atom is -0.314 e. The zero-order chi connectivity index (χ0) is 13.5. The van der Waals surface area contributed by atoms with Crippen molar-refractivity contribution in [1.82, 2.24) is 10.2 Å². The molecular weight excluding hydrogens is 232 g/mol. The molecule has 1 N–H and O–H groups in total. The maximum absolute atomic E-state index is 3.42. The Morgan fingerprint density at radius 3 is 2.37 bits per heavy atom. The van der Waals surface area contributed by atoms with E-state index in [0.717, 1.165) is 13.1 Å². The van der Waals surface area contributed by atoms with Crippen molar-refractivity contribution < 1.29 is 0 Å².